The molecule has 11 heteroatoms. The Hall–Kier alpha value is 1.25. The van der Waals surface area contributed by atoms with Gasteiger partial charge in [0, 0.05) is 35.7 Å². The molecule has 11 heavy (non-hydrogen) atoms. The molecule has 0 aromatic carbocycles. The first-order chi connectivity index (χ1) is 3.46. The molecule has 0 saturated carbocycles. The van der Waals surface area contributed by atoms with E-state index in [-0.39, 0.29) is 62.1 Å². The Morgan fingerprint density at radius 2 is 0.818 bits per heavy atom. The third-order valence-electron chi connectivity index (χ3n) is 0. The molecule has 55 valence electrons. The smallest absolute Gasteiger partial charge is 0.672 e. The Balaban J connectivity index is -0.0000000171. The summed E-state index contributed by atoms with van der Waals surface area (Å²) in [7, 11) is -7.26. The Labute approximate surface area is 108 Å². The average molecular weight is 253 g/mol. The van der Waals surface area contributed by atoms with E-state index in [4.69, 9.17) is 28.1 Å². The van der Waals surface area contributed by atoms with Crippen molar-refractivity contribution in [3.63, 3.8) is 0 Å². The SMILES string of the molecule is O=[Si]([O-])[O-].O=[Si]([O-])[O-].[Al].[MgH2].[Ti+4]. The van der Waals surface area contributed by atoms with Crippen LogP contribution in [0.4, 0.5) is 0 Å². The zero-order valence-electron chi connectivity index (χ0n) is 4.53. The molecule has 6 nitrogen and oxygen atoms in total. The van der Waals surface area contributed by atoms with Gasteiger partial charge in [0.2, 0.25) is 0 Å². The number of hydrogen-bond donors (Lipinski definition) is 0. The maximum absolute atomic E-state index is 8.52. The molecule has 0 N–H and O–H groups in total. The second kappa shape index (κ2) is 22.5. The van der Waals surface area contributed by atoms with Gasteiger partial charge in [-0.1, -0.05) is 0 Å². The Morgan fingerprint density at radius 1 is 0.818 bits per heavy atom. The summed E-state index contributed by atoms with van der Waals surface area (Å²) in [6.45, 7) is 0. The normalized spacial score (nSPS) is 4.36. The fourth-order valence-electron chi connectivity index (χ4n) is 0. The van der Waals surface area contributed by atoms with Crippen LogP contribution in [0.3, 0.4) is 0 Å². The van der Waals surface area contributed by atoms with E-state index in [9.17, 15) is 0 Å². The van der Waals surface area contributed by atoms with Crippen molar-refractivity contribution < 1.29 is 49.8 Å². The van der Waals surface area contributed by atoms with Crippen molar-refractivity contribution in [1.82, 2.24) is 0 Å². The molecule has 0 aromatic heterocycles. The van der Waals surface area contributed by atoms with Gasteiger partial charge in [-0.3, -0.25) is 0 Å². The summed E-state index contributed by atoms with van der Waals surface area (Å²) >= 11 is 0. The Bertz CT molecular complexity index is 78.6. The van der Waals surface area contributed by atoms with Crippen molar-refractivity contribution in [2.45, 2.75) is 0 Å². The Morgan fingerprint density at radius 3 is 0.818 bits per heavy atom. The minimum Gasteiger partial charge on any atom is -0.672 e. The third-order valence-corrected chi connectivity index (χ3v) is 0. The monoisotopic (exact) mass is 253 g/mol. The molecule has 0 spiro atoms. The summed E-state index contributed by atoms with van der Waals surface area (Å²) < 4.78 is 17.0. The van der Waals surface area contributed by atoms with Crippen molar-refractivity contribution in [3.05, 3.63) is 0 Å². The molecule has 3 radical (unpaired) electrons. The zero-order valence-corrected chi connectivity index (χ0v) is 9.24. The minimum atomic E-state index is -3.63. The quantitative estimate of drug-likeness (QED) is 0.395. The van der Waals surface area contributed by atoms with Gasteiger partial charge in [-0.15, -0.1) is 0 Å². The van der Waals surface area contributed by atoms with Crippen molar-refractivity contribution in [2.75, 3.05) is 0 Å². The van der Waals surface area contributed by atoms with Crippen LogP contribution in [0.5, 0.6) is 0 Å². The van der Waals surface area contributed by atoms with Gasteiger partial charge in [0.1, 0.15) is 0 Å². The van der Waals surface area contributed by atoms with Crippen molar-refractivity contribution in [1.29, 1.82) is 0 Å². The summed E-state index contributed by atoms with van der Waals surface area (Å²) in [6.07, 6.45) is 0. The molecule has 0 bridgehead atoms. The Kier molecular flexibility index (Phi) is 60.3. The third kappa shape index (κ3) is 619. The molecule has 0 aliphatic heterocycles. The summed E-state index contributed by atoms with van der Waals surface area (Å²) in [5, 5.41) is 0. The van der Waals surface area contributed by atoms with E-state index in [1.165, 1.54) is 0 Å². The molecular weight excluding hydrogens is 251 g/mol. The van der Waals surface area contributed by atoms with Crippen LogP contribution < -0.4 is 19.2 Å². The van der Waals surface area contributed by atoms with Gasteiger partial charge in [-0.05, 0) is 0 Å². The topological polar surface area (TPSA) is 126 Å². The molecule has 0 heterocycles. The molecule has 0 unspecified atom stereocenters. The second-order valence-corrected chi connectivity index (χ2v) is 1.50. The van der Waals surface area contributed by atoms with Crippen molar-refractivity contribution >= 4 is 58.8 Å². The summed E-state index contributed by atoms with van der Waals surface area (Å²) in [5.41, 5.74) is 0. The largest absolute Gasteiger partial charge is 4.00 e. The van der Waals surface area contributed by atoms with Crippen molar-refractivity contribution in [3.8, 4) is 0 Å². The molecule has 0 saturated heterocycles. The van der Waals surface area contributed by atoms with Crippen LogP contribution >= 0.6 is 0 Å². The fraction of sp³-hybridized carbons (Fsp3) is 0. The fourth-order valence-corrected chi connectivity index (χ4v) is 0. The van der Waals surface area contributed by atoms with Crippen molar-refractivity contribution in [2.24, 2.45) is 0 Å². The molecule has 0 rings (SSSR count). The van der Waals surface area contributed by atoms with Gasteiger partial charge in [0.15, 0.2) is 0 Å². The molecule has 0 atom stereocenters. The van der Waals surface area contributed by atoms with E-state index in [0.717, 1.165) is 0 Å². The first-order valence-electron chi connectivity index (χ1n) is 1.22. The van der Waals surface area contributed by atoms with E-state index in [1.807, 2.05) is 0 Å². The predicted octanol–water partition coefficient (Wildman–Crippen LogP) is -7.05. The molecular formula is H2AlMgO6Si2Ti. The van der Waals surface area contributed by atoms with E-state index < -0.39 is 18.3 Å². The van der Waals surface area contributed by atoms with Gasteiger partial charge < -0.3 is 28.1 Å². The van der Waals surface area contributed by atoms with E-state index in [2.05, 4.69) is 0 Å². The van der Waals surface area contributed by atoms with Gasteiger partial charge in [-0.2, -0.15) is 0 Å². The van der Waals surface area contributed by atoms with Gasteiger partial charge in [0.25, 0.3) is 0 Å². The maximum Gasteiger partial charge on any atom is 4.00 e. The van der Waals surface area contributed by atoms with E-state index in [1.54, 1.807) is 0 Å². The summed E-state index contributed by atoms with van der Waals surface area (Å²) in [6, 6.07) is 0. The second-order valence-electron chi connectivity index (χ2n) is 0.500. The standard InChI is InChI=1S/Al.Mg.2O3Si.Ti.2H/c;;2*1-4(2)3;;;/q;;2*-2;+4;;. The van der Waals surface area contributed by atoms with Crippen LogP contribution in [0.2, 0.25) is 0 Å². The first kappa shape index (κ1) is 29.5. The van der Waals surface area contributed by atoms with Crippen LogP contribution in [0, 0.1) is 0 Å². The molecule has 0 aromatic rings. The molecule has 0 fully saturated rings. The predicted molar refractivity (Wildman–Crippen MR) is 27.2 cm³/mol. The first-order valence-corrected chi connectivity index (χ1v) is 3.67. The average Bonchev–Trinajstić information content (AvgIpc) is 1.25. The molecule has 0 amide bonds. The van der Waals surface area contributed by atoms with Gasteiger partial charge in [-0.25, -0.2) is 0 Å². The van der Waals surface area contributed by atoms with Crippen LogP contribution in [0.1, 0.15) is 0 Å². The van der Waals surface area contributed by atoms with E-state index >= 15 is 0 Å². The van der Waals surface area contributed by atoms with E-state index in [0.29, 0.717) is 0 Å². The zero-order chi connectivity index (χ0) is 7.15. The van der Waals surface area contributed by atoms with Crippen LogP contribution in [0.15, 0.2) is 0 Å². The number of rotatable bonds is 0. The summed E-state index contributed by atoms with van der Waals surface area (Å²) in [4.78, 5) is 34.1. The molecule has 0 aliphatic rings. The van der Waals surface area contributed by atoms with Crippen LogP contribution in [0.25, 0.3) is 0 Å². The van der Waals surface area contributed by atoms with Crippen LogP contribution in [-0.2, 0) is 30.6 Å². The van der Waals surface area contributed by atoms with Gasteiger partial charge >= 0.3 is 44.8 Å². The van der Waals surface area contributed by atoms with Gasteiger partial charge in [0.05, 0.1) is 0 Å². The minimum absolute atomic E-state index is 0. The maximum atomic E-state index is 8.52. The molecule has 0 aliphatic carbocycles. The number of hydrogen-bond acceptors (Lipinski definition) is 6. The van der Waals surface area contributed by atoms with Crippen LogP contribution in [-0.4, -0.2) is 58.8 Å². The summed E-state index contributed by atoms with van der Waals surface area (Å²) in [5.74, 6) is 0.